The standard InChI is InChI=1S/C21H30N6O3/c1-7(10(4)28)15(18-24-16(22)13-8(2)11(5)29-20(13)26-18)19-25-17(23)14-9(3)12(6)30-21(14)27-19/h7-12,15,28H,1-6H3,(H2,22,24,26)(H2,23,25,27). The first-order chi connectivity index (χ1) is 14.1. The SMILES string of the molecule is CC(O)C(C)C(c1nc(N)c2c(n1)OC(C)C2C)c1nc(N)c2c(n1)OC(C)C2C. The second-order valence-corrected chi connectivity index (χ2v) is 8.67. The number of rotatable bonds is 4. The van der Waals surface area contributed by atoms with Crippen LogP contribution in [0.1, 0.15) is 82.1 Å². The normalized spacial score (nSPS) is 27.6. The number of fused-ring (bicyclic) bond motifs is 2. The van der Waals surface area contributed by atoms with Gasteiger partial charge in [0.1, 0.15) is 35.5 Å². The molecule has 0 saturated heterocycles. The van der Waals surface area contributed by atoms with Gasteiger partial charge in [-0.1, -0.05) is 20.8 Å². The zero-order valence-corrected chi connectivity index (χ0v) is 18.2. The van der Waals surface area contributed by atoms with E-state index >= 15 is 0 Å². The van der Waals surface area contributed by atoms with Gasteiger partial charge in [0.2, 0.25) is 11.8 Å². The summed E-state index contributed by atoms with van der Waals surface area (Å²) in [6.07, 6.45) is -0.741. The van der Waals surface area contributed by atoms with E-state index in [1.807, 2.05) is 34.6 Å². The van der Waals surface area contributed by atoms with Gasteiger partial charge in [-0.3, -0.25) is 0 Å². The fourth-order valence-corrected chi connectivity index (χ4v) is 4.17. The first kappa shape index (κ1) is 20.6. The molecule has 2 aromatic heterocycles. The van der Waals surface area contributed by atoms with Gasteiger partial charge in [0.15, 0.2) is 0 Å². The highest BCUT2D eigenvalue weighted by molar-refractivity contribution is 5.53. The zero-order valence-electron chi connectivity index (χ0n) is 18.2. The highest BCUT2D eigenvalue weighted by atomic mass is 16.5. The number of ether oxygens (including phenoxy) is 2. The van der Waals surface area contributed by atoms with Gasteiger partial charge in [-0.25, -0.2) is 9.97 Å². The molecule has 0 aromatic carbocycles. The monoisotopic (exact) mass is 414 g/mol. The fraction of sp³-hybridized carbons (Fsp3) is 0.619. The Morgan fingerprint density at radius 2 is 1.17 bits per heavy atom. The topological polar surface area (TPSA) is 142 Å². The number of nitrogen functional groups attached to an aromatic ring is 2. The van der Waals surface area contributed by atoms with Gasteiger partial charge in [0, 0.05) is 11.8 Å². The number of nitrogens with two attached hydrogens (primary N) is 2. The van der Waals surface area contributed by atoms with E-state index in [-0.39, 0.29) is 30.0 Å². The van der Waals surface area contributed by atoms with Crippen LogP contribution in [-0.2, 0) is 0 Å². The van der Waals surface area contributed by atoms with Crippen molar-refractivity contribution >= 4 is 11.6 Å². The van der Waals surface area contributed by atoms with Crippen molar-refractivity contribution in [2.75, 3.05) is 11.5 Å². The minimum absolute atomic E-state index is 0.0391. The molecule has 0 aliphatic carbocycles. The first-order valence-electron chi connectivity index (χ1n) is 10.5. The van der Waals surface area contributed by atoms with Gasteiger partial charge in [-0.2, -0.15) is 9.97 Å². The third kappa shape index (κ3) is 3.12. The molecule has 30 heavy (non-hydrogen) atoms. The lowest BCUT2D eigenvalue weighted by molar-refractivity contribution is 0.122. The van der Waals surface area contributed by atoms with Crippen LogP contribution in [-0.4, -0.2) is 43.4 Å². The first-order valence-corrected chi connectivity index (χ1v) is 10.5. The molecule has 162 valence electrons. The molecule has 9 heteroatoms. The van der Waals surface area contributed by atoms with Gasteiger partial charge >= 0.3 is 0 Å². The summed E-state index contributed by atoms with van der Waals surface area (Å²) in [7, 11) is 0. The molecule has 6 unspecified atom stereocenters. The van der Waals surface area contributed by atoms with Crippen molar-refractivity contribution in [2.24, 2.45) is 5.92 Å². The van der Waals surface area contributed by atoms with Crippen LogP contribution in [0.25, 0.3) is 0 Å². The maximum absolute atomic E-state index is 10.4. The number of anilines is 2. The molecule has 0 saturated carbocycles. The van der Waals surface area contributed by atoms with Crippen molar-refractivity contribution in [3.63, 3.8) is 0 Å². The molecule has 2 aromatic rings. The van der Waals surface area contributed by atoms with Crippen LogP contribution in [0.2, 0.25) is 0 Å². The largest absolute Gasteiger partial charge is 0.474 e. The number of aliphatic hydroxyl groups excluding tert-OH is 1. The van der Waals surface area contributed by atoms with E-state index in [4.69, 9.17) is 20.9 Å². The Morgan fingerprint density at radius 3 is 1.53 bits per heavy atom. The summed E-state index contributed by atoms with van der Waals surface area (Å²) < 4.78 is 11.8. The van der Waals surface area contributed by atoms with E-state index in [1.54, 1.807) is 6.92 Å². The Morgan fingerprint density at radius 1 is 0.767 bits per heavy atom. The Labute approximate surface area is 176 Å². The lowest BCUT2D eigenvalue weighted by atomic mass is 9.87. The average Bonchev–Trinajstić information content (AvgIpc) is 3.11. The van der Waals surface area contributed by atoms with E-state index < -0.39 is 12.0 Å². The Kier molecular flexibility index (Phi) is 4.96. The zero-order chi connectivity index (χ0) is 21.9. The molecular weight excluding hydrogens is 384 g/mol. The summed E-state index contributed by atoms with van der Waals surface area (Å²) in [6, 6.07) is 0. The van der Waals surface area contributed by atoms with Gasteiger partial charge in [-0.05, 0) is 26.7 Å². The second kappa shape index (κ2) is 7.23. The van der Waals surface area contributed by atoms with Crippen LogP contribution in [0.3, 0.4) is 0 Å². The number of aliphatic hydroxyl groups is 1. The minimum Gasteiger partial charge on any atom is -0.474 e. The summed E-state index contributed by atoms with van der Waals surface area (Å²) >= 11 is 0. The van der Waals surface area contributed by atoms with Gasteiger partial charge in [-0.15, -0.1) is 0 Å². The molecular formula is C21H30N6O3. The van der Waals surface area contributed by atoms with Gasteiger partial charge in [0.25, 0.3) is 0 Å². The number of nitrogens with zero attached hydrogens (tertiary/aromatic N) is 4. The summed E-state index contributed by atoms with van der Waals surface area (Å²) in [5, 5.41) is 10.4. The molecule has 5 N–H and O–H groups in total. The predicted octanol–water partition coefficient (Wildman–Crippen LogP) is 2.35. The van der Waals surface area contributed by atoms with Crippen molar-refractivity contribution in [3.05, 3.63) is 22.8 Å². The van der Waals surface area contributed by atoms with Crippen molar-refractivity contribution < 1.29 is 14.6 Å². The molecule has 9 nitrogen and oxygen atoms in total. The van der Waals surface area contributed by atoms with Crippen molar-refractivity contribution in [3.8, 4) is 11.8 Å². The van der Waals surface area contributed by atoms with Crippen molar-refractivity contribution in [2.45, 2.75) is 77.6 Å². The maximum Gasteiger partial charge on any atom is 0.222 e. The maximum atomic E-state index is 10.4. The smallest absolute Gasteiger partial charge is 0.222 e. The van der Waals surface area contributed by atoms with Crippen molar-refractivity contribution in [1.29, 1.82) is 0 Å². The van der Waals surface area contributed by atoms with Crippen LogP contribution in [0.4, 0.5) is 11.6 Å². The molecule has 2 aliphatic heterocycles. The van der Waals surface area contributed by atoms with Crippen LogP contribution in [0.15, 0.2) is 0 Å². The van der Waals surface area contributed by atoms with E-state index in [1.165, 1.54) is 0 Å². The van der Waals surface area contributed by atoms with E-state index in [2.05, 4.69) is 19.9 Å². The number of hydrogen-bond acceptors (Lipinski definition) is 9. The quantitative estimate of drug-likeness (QED) is 0.687. The summed E-state index contributed by atoms with van der Waals surface area (Å²) in [6.45, 7) is 11.6. The highest BCUT2D eigenvalue weighted by Gasteiger charge is 2.38. The number of aromatic nitrogens is 4. The van der Waals surface area contributed by atoms with E-state index in [9.17, 15) is 5.11 Å². The molecule has 0 radical (unpaired) electrons. The number of hydrogen-bond donors (Lipinski definition) is 3. The van der Waals surface area contributed by atoms with Gasteiger partial charge in [0.05, 0.1) is 23.1 Å². The molecule has 0 amide bonds. The molecule has 6 atom stereocenters. The van der Waals surface area contributed by atoms with Crippen LogP contribution in [0, 0.1) is 5.92 Å². The molecule has 0 spiro atoms. The molecule has 2 aliphatic rings. The van der Waals surface area contributed by atoms with Gasteiger partial charge < -0.3 is 26.0 Å². The summed E-state index contributed by atoms with van der Waals surface area (Å²) in [4.78, 5) is 18.5. The van der Waals surface area contributed by atoms with Crippen molar-refractivity contribution in [1.82, 2.24) is 19.9 Å². The highest BCUT2D eigenvalue weighted by Crippen LogP contribution is 2.44. The Hall–Kier alpha value is -2.68. The lowest BCUT2D eigenvalue weighted by Crippen LogP contribution is -2.26. The summed E-state index contributed by atoms with van der Waals surface area (Å²) in [5.74, 6) is 1.89. The Bertz CT molecular complexity index is 910. The summed E-state index contributed by atoms with van der Waals surface area (Å²) in [5.41, 5.74) is 14.2. The van der Waals surface area contributed by atoms with E-state index in [0.29, 0.717) is 35.0 Å². The molecule has 4 heterocycles. The fourth-order valence-electron chi connectivity index (χ4n) is 4.17. The minimum atomic E-state index is -0.663. The molecule has 0 fully saturated rings. The Balaban J connectivity index is 1.85. The lowest BCUT2D eigenvalue weighted by Gasteiger charge is -2.25. The van der Waals surface area contributed by atoms with Crippen LogP contribution in [0.5, 0.6) is 11.8 Å². The second-order valence-electron chi connectivity index (χ2n) is 8.67. The van der Waals surface area contributed by atoms with Crippen LogP contribution < -0.4 is 20.9 Å². The molecule has 4 rings (SSSR count). The molecule has 0 bridgehead atoms. The third-order valence-corrected chi connectivity index (χ3v) is 6.67. The van der Waals surface area contributed by atoms with E-state index in [0.717, 1.165) is 11.1 Å². The predicted molar refractivity (Wildman–Crippen MR) is 113 cm³/mol. The average molecular weight is 415 g/mol. The van der Waals surface area contributed by atoms with Crippen LogP contribution >= 0.6 is 0 Å². The third-order valence-electron chi connectivity index (χ3n) is 6.67.